The van der Waals surface area contributed by atoms with Gasteiger partial charge in [-0.3, -0.25) is 5.10 Å². The Bertz CT molecular complexity index is 550. The van der Waals surface area contributed by atoms with Crippen LogP contribution in [0.25, 0.3) is 0 Å². The van der Waals surface area contributed by atoms with Crippen molar-refractivity contribution in [3.63, 3.8) is 0 Å². The summed E-state index contributed by atoms with van der Waals surface area (Å²) in [4.78, 5) is 0. The van der Waals surface area contributed by atoms with Crippen LogP contribution in [-0.4, -0.2) is 21.5 Å². The van der Waals surface area contributed by atoms with Crippen LogP contribution in [0.4, 0.5) is 0 Å². The van der Waals surface area contributed by atoms with Gasteiger partial charge in [-0.05, 0) is 36.5 Å². The molecule has 1 aliphatic rings. The molecule has 1 aromatic carbocycles. The normalized spacial score (nSPS) is 21.9. The van der Waals surface area contributed by atoms with Crippen LogP contribution in [0, 0.1) is 11.3 Å². The zero-order valence-electron chi connectivity index (χ0n) is 9.71. The SMILES string of the molecule is N#Cc1ccc(C2CC(Oc3c[nH]nn3)C2)cc1. The molecule has 0 spiro atoms. The molecular weight excluding hydrogens is 228 g/mol. The molecule has 0 bridgehead atoms. The van der Waals surface area contributed by atoms with E-state index in [1.54, 1.807) is 6.20 Å². The first kappa shape index (κ1) is 10.8. The number of nitrogens with one attached hydrogen (secondary N) is 1. The molecular formula is C13H12N4O. The molecule has 90 valence electrons. The highest BCUT2D eigenvalue weighted by Gasteiger charge is 2.32. The van der Waals surface area contributed by atoms with E-state index in [4.69, 9.17) is 10.00 Å². The van der Waals surface area contributed by atoms with Crippen molar-refractivity contribution in [3.05, 3.63) is 41.6 Å². The first-order valence-corrected chi connectivity index (χ1v) is 5.88. The fourth-order valence-corrected chi connectivity index (χ4v) is 2.18. The van der Waals surface area contributed by atoms with Gasteiger partial charge < -0.3 is 4.74 Å². The molecule has 3 rings (SSSR count). The molecule has 1 aliphatic carbocycles. The summed E-state index contributed by atoms with van der Waals surface area (Å²) in [5, 5.41) is 18.8. The third-order valence-corrected chi connectivity index (χ3v) is 3.29. The third kappa shape index (κ3) is 2.05. The Balaban J connectivity index is 1.56. The van der Waals surface area contributed by atoms with Crippen LogP contribution in [0.15, 0.2) is 30.5 Å². The zero-order chi connectivity index (χ0) is 12.4. The Kier molecular flexibility index (Phi) is 2.69. The van der Waals surface area contributed by atoms with E-state index in [1.807, 2.05) is 24.3 Å². The smallest absolute Gasteiger partial charge is 0.253 e. The number of ether oxygens (including phenoxy) is 1. The van der Waals surface area contributed by atoms with Gasteiger partial charge in [-0.25, -0.2) is 0 Å². The Hall–Kier alpha value is -2.35. The largest absolute Gasteiger partial charge is 0.472 e. The van der Waals surface area contributed by atoms with Gasteiger partial charge in [0.05, 0.1) is 17.8 Å². The van der Waals surface area contributed by atoms with Gasteiger partial charge in [-0.1, -0.05) is 22.4 Å². The van der Waals surface area contributed by atoms with Crippen molar-refractivity contribution in [3.8, 4) is 11.9 Å². The predicted molar refractivity (Wildman–Crippen MR) is 63.9 cm³/mol. The average Bonchev–Trinajstić information content (AvgIpc) is 2.86. The van der Waals surface area contributed by atoms with E-state index < -0.39 is 0 Å². The average molecular weight is 240 g/mol. The van der Waals surface area contributed by atoms with Gasteiger partial charge in [-0.15, -0.1) is 0 Å². The number of benzene rings is 1. The van der Waals surface area contributed by atoms with E-state index in [-0.39, 0.29) is 6.10 Å². The van der Waals surface area contributed by atoms with E-state index >= 15 is 0 Å². The maximum Gasteiger partial charge on any atom is 0.253 e. The second-order valence-corrected chi connectivity index (χ2v) is 4.45. The van der Waals surface area contributed by atoms with Crippen LogP contribution < -0.4 is 4.74 Å². The molecule has 0 amide bonds. The third-order valence-electron chi connectivity index (χ3n) is 3.29. The molecule has 1 N–H and O–H groups in total. The number of nitriles is 1. The fourth-order valence-electron chi connectivity index (χ4n) is 2.18. The highest BCUT2D eigenvalue weighted by molar-refractivity contribution is 5.34. The molecule has 5 nitrogen and oxygen atoms in total. The Morgan fingerprint density at radius 2 is 2.06 bits per heavy atom. The van der Waals surface area contributed by atoms with Crippen LogP contribution in [0.5, 0.6) is 5.88 Å². The minimum Gasteiger partial charge on any atom is -0.472 e. The second kappa shape index (κ2) is 4.49. The minimum atomic E-state index is 0.218. The molecule has 0 radical (unpaired) electrons. The van der Waals surface area contributed by atoms with Crippen molar-refractivity contribution >= 4 is 0 Å². The van der Waals surface area contributed by atoms with Crippen molar-refractivity contribution in [2.45, 2.75) is 24.9 Å². The van der Waals surface area contributed by atoms with Crippen LogP contribution >= 0.6 is 0 Å². The predicted octanol–water partition coefficient (Wildman–Crippen LogP) is 2.00. The van der Waals surface area contributed by atoms with Crippen LogP contribution in [0.1, 0.15) is 29.9 Å². The van der Waals surface area contributed by atoms with E-state index in [0.29, 0.717) is 17.4 Å². The van der Waals surface area contributed by atoms with E-state index in [2.05, 4.69) is 21.5 Å². The molecule has 0 atom stereocenters. The Morgan fingerprint density at radius 1 is 1.28 bits per heavy atom. The number of hydrogen-bond donors (Lipinski definition) is 1. The first-order chi connectivity index (χ1) is 8.85. The molecule has 1 heterocycles. The number of H-pyrrole nitrogens is 1. The number of hydrogen-bond acceptors (Lipinski definition) is 4. The summed E-state index contributed by atoms with van der Waals surface area (Å²) in [6.45, 7) is 0. The van der Waals surface area contributed by atoms with Crippen LogP contribution in [-0.2, 0) is 0 Å². The molecule has 0 aliphatic heterocycles. The first-order valence-electron chi connectivity index (χ1n) is 5.88. The van der Waals surface area contributed by atoms with Crippen molar-refractivity contribution in [2.75, 3.05) is 0 Å². The van der Waals surface area contributed by atoms with Gasteiger partial charge in [-0.2, -0.15) is 5.26 Å². The highest BCUT2D eigenvalue weighted by atomic mass is 16.5. The van der Waals surface area contributed by atoms with Crippen molar-refractivity contribution in [1.29, 1.82) is 5.26 Å². The second-order valence-electron chi connectivity index (χ2n) is 4.45. The van der Waals surface area contributed by atoms with E-state index in [0.717, 1.165) is 12.8 Å². The summed E-state index contributed by atoms with van der Waals surface area (Å²) in [5.41, 5.74) is 1.97. The molecule has 0 saturated heterocycles. The molecule has 1 saturated carbocycles. The molecule has 18 heavy (non-hydrogen) atoms. The number of rotatable bonds is 3. The molecule has 1 fully saturated rings. The molecule has 1 aromatic heterocycles. The monoisotopic (exact) mass is 240 g/mol. The maximum absolute atomic E-state index is 8.74. The van der Waals surface area contributed by atoms with Gasteiger partial charge in [0.1, 0.15) is 6.10 Å². The lowest BCUT2D eigenvalue weighted by molar-refractivity contribution is 0.0934. The fraction of sp³-hybridized carbons (Fsp3) is 0.308. The summed E-state index contributed by atoms with van der Waals surface area (Å²) < 4.78 is 5.63. The Morgan fingerprint density at radius 3 is 2.67 bits per heavy atom. The quantitative estimate of drug-likeness (QED) is 0.890. The van der Waals surface area contributed by atoms with Crippen molar-refractivity contribution < 1.29 is 4.74 Å². The summed E-state index contributed by atoms with van der Waals surface area (Å²) in [7, 11) is 0. The van der Waals surface area contributed by atoms with E-state index in [1.165, 1.54) is 5.56 Å². The molecule has 5 heteroatoms. The van der Waals surface area contributed by atoms with Gasteiger partial charge in [0, 0.05) is 0 Å². The van der Waals surface area contributed by atoms with Crippen LogP contribution in [0.3, 0.4) is 0 Å². The lowest BCUT2D eigenvalue weighted by Crippen LogP contribution is -2.32. The van der Waals surface area contributed by atoms with Crippen LogP contribution in [0.2, 0.25) is 0 Å². The topological polar surface area (TPSA) is 74.6 Å². The van der Waals surface area contributed by atoms with Gasteiger partial charge >= 0.3 is 0 Å². The van der Waals surface area contributed by atoms with Crippen molar-refractivity contribution in [1.82, 2.24) is 15.4 Å². The molecule has 2 aromatic rings. The zero-order valence-corrected chi connectivity index (χ0v) is 9.71. The number of nitrogens with zero attached hydrogens (tertiary/aromatic N) is 3. The lowest BCUT2D eigenvalue weighted by atomic mass is 9.77. The highest BCUT2D eigenvalue weighted by Crippen LogP contribution is 2.38. The number of aromatic nitrogens is 3. The summed E-state index contributed by atoms with van der Waals surface area (Å²) in [5.74, 6) is 1.08. The lowest BCUT2D eigenvalue weighted by Gasteiger charge is -2.34. The summed E-state index contributed by atoms with van der Waals surface area (Å²) in [6.07, 6.45) is 3.84. The van der Waals surface area contributed by atoms with Gasteiger partial charge in [0.2, 0.25) is 0 Å². The van der Waals surface area contributed by atoms with Gasteiger partial charge in [0.25, 0.3) is 5.88 Å². The van der Waals surface area contributed by atoms with Gasteiger partial charge in [0.15, 0.2) is 0 Å². The minimum absolute atomic E-state index is 0.218. The Labute approximate surface area is 104 Å². The molecule has 0 unspecified atom stereocenters. The van der Waals surface area contributed by atoms with E-state index in [9.17, 15) is 0 Å². The number of aromatic amines is 1. The summed E-state index contributed by atoms with van der Waals surface area (Å²) >= 11 is 0. The maximum atomic E-state index is 8.74. The summed E-state index contributed by atoms with van der Waals surface area (Å²) in [6, 6.07) is 9.90. The standard InChI is InChI=1S/C13H12N4O/c14-7-9-1-3-10(4-2-9)11-5-12(6-11)18-13-8-15-17-16-13/h1-4,8,11-12H,5-6H2,(H,15,16,17). The van der Waals surface area contributed by atoms with Crippen molar-refractivity contribution in [2.24, 2.45) is 0 Å².